The first-order valence-corrected chi connectivity index (χ1v) is 13.5. The van der Waals surface area contributed by atoms with Crippen molar-refractivity contribution in [2.45, 2.75) is 90.2 Å². The van der Waals surface area contributed by atoms with Crippen molar-refractivity contribution in [3.8, 4) is 0 Å². The van der Waals surface area contributed by atoms with Crippen molar-refractivity contribution in [3.63, 3.8) is 0 Å². The van der Waals surface area contributed by atoms with Gasteiger partial charge in [0.05, 0.1) is 25.1 Å². The van der Waals surface area contributed by atoms with E-state index in [1.165, 1.54) is 13.8 Å². The van der Waals surface area contributed by atoms with Gasteiger partial charge >= 0.3 is 11.9 Å². The number of allylic oxidation sites excluding steroid dienone is 1. The van der Waals surface area contributed by atoms with Crippen molar-refractivity contribution in [3.05, 3.63) is 71.5 Å². The molecule has 2 aliphatic heterocycles. The zero-order chi connectivity index (χ0) is 28.3. The molecular weight excluding hydrogens is 500 g/mol. The number of fused-ring (bicyclic) bond motifs is 2. The van der Waals surface area contributed by atoms with E-state index in [0.29, 0.717) is 37.2 Å². The lowest BCUT2D eigenvalue weighted by Gasteiger charge is -2.39. The quantitative estimate of drug-likeness (QED) is 0.294. The van der Waals surface area contributed by atoms with Crippen LogP contribution in [0, 0.1) is 11.8 Å². The van der Waals surface area contributed by atoms with Crippen LogP contribution in [0.15, 0.2) is 66.0 Å². The van der Waals surface area contributed by atoms with Gasteiger partial charge in [-0.3, -0.25) is 9.59 Å². The lowest BCUT2D eigenvalue weighted by atomic mass is 9.74. The first kappa shape index (κ1) is 29.1. The van der Waals surface area contributed by atoms with Crippen LogP contribution in [0.4, 0.5) is 0 Å². The van der Waals surface area contributed by atoms with Crippen molar-refractivity contribution < 1.29 is 38.4 Å². The molecule has 2 fully saturated rings. The third-order valence-electron chi connectivity index (χ3n) is 7.77. The summed E-state index contributed by atoms with van der Waals surface area (Å²) in [4.78, 5) is 24.2. The number of ether oxygens (including phenoxy) is 5. The maximum atomic E-state index is 12.2. The molecule has 1 saturated carbocycles. The van der Waals surface area contributed by atoms with Crippen molar-refractivity contribution in [1.29, 1.82) is 0 Å². The van der Waals surface area contributed by atoms with E-state index in [9.17, 15) is 14.7 Å². The van der Waals surface area contributed by atoms with Crippen LogP contribution in [0.1, 0.15) is 53.0 Å². The van der Waals surface area contributed by atoms with Gasteiger partial charge in [-0.05, 0) is 56.7 Å². The van der Waals surface area contributed by atoms with Crippen LogP contribution in [0.2, 0.25) is 0 Å². The molecule has 0 spiro atoms. The van der Waals surface area contributed by atoms with Crippen LogP contribution in [-0.2, 0) is 39.9 Å². The minimum absolute atomic E-state index is 0.191. The molecule has 2 heterocycles. The molecule has 1 unspecified atom stereocenters. The normalized spacial score (nSPS) is 31.4. The number of benzene rings is 1. The van der Waals surface area contributed by atoms with Crippen molar-refractivity contribution in [1.82, 2.24) is 0 Å². The van der Waals surface area contributed by atoms with E-state index in [1.807, 2.05) is 51.1 Å². The summed E-state index contributed by atoms with van der Waals surface area (Å²) in [6.45, 7) is 13.4. The summed E-state index contributed by atoms with van der Waals surface area (Å²) in [6.07, 6.45) is 1.13. The Hall–Kier alpha value is -2.94. The van der Waals surface area contributed by atoms with Gasteiger partial charge in [-0.15, -0.1) is 0 Å². The number of epoxide rings is 1. The molecule has 8 heteroatoms. The minimum atomic E-state index is -0.997. The minimum Gasteiger partial charge on any atom is -0.500 e. The first-order valence-electron chi connectivity index (χ1n) is 13.5. The van der Waals surface area contributed by atoms with Crippen LogP contribution >= 0.6 is 0 Å². The smallest absolute Gasteiger partial charge is 0.303 e. The number of carbonyl (C=O) groups is 2. The molecule has 3 aliphatic rings. The highest BCUT2D eigenvalue weighted by Crippen LogP contribution is 2.50. The predicted molar refractivity (Wildman–Crippen MR) is 144 cm³/mol. The maximum absolute atomic E-state index is 12.2. The van der Waals surface area contributed by atoms with Crippen molar-refractivity contribution in [2.75, 3.05) is 6.61 Å². The molecule has 8 atom stereocenters. The van der Waals surface area contributed by atoms with Gasteiger partial charge in [0.15, 0.2) is 12.2 Å². The molecule has 1 aromatic rings. The number of aliphatic hydroxyl groups excluding tert-OH is 1. The Kier molecular flexibility index (Phi) is 8.99. The second kappa shape index (κ2) is 12.1. The zero-order valence-electron chi connectivity index (χ0n) is 23.4. The van der Waals surface area contributed by atoms with Crippen LogP contribution in [-0.4, -0.2) is 59.8 Å². The SMILES string of the molecule is C=C1[C@H](O)[C@H](OCc2ccccc2)C2O[C@@]2(C)CC[C@@H]2C([C@H](OC(C)=O)[C@@H](C=C(C)C)OC(C)=O)=COC[C@@H]12. The van der Waals surface area contributed by atoms with E-state index < -0.39 is 42.0 Å². The Balaban J connectivity index is 1.65. The fourth-order valence-electron chi connectivity index (χ4n) is 5.76. The number of hydrogen-bond acceptors (Lipinski definition) is 8. The van der Waals surface area contributed by atoms with Crippen LogP contribution in [0.25, 0.3) is 0 Å². The Morgan fingerprint density at radius 1 is 1.13 bits per heavy atom. The van der Waals surface area contributed by atoms with E-state index in [2.05, 4.69) is 6.58 Å². The highest BCUT2D eigenvalue weighted by Gasteiger charge is 2.60. The molecular formula is C31H40O8. The number of aliphatic hydroxyl groups is 1. The number of hydrogen-bond donors (Lipinski definition) is 1. The van der Waals surface area contributed by atoms with Crippen molar-refractivity contribution >= 4 is 11.9 Å². The monoisotopic (exact) mass is 540 g/mol. The topological polar surface area (TPSA) is 104 Å². The van der Waals surface area contributed by atoms with Gasteiger partial charge in [0, 0.05) is 25.3 Å². The average molecular weight is 541 g/mol. The van der Waals surface area contributed by atoms with E-state index in [-0.39, 0.29) is 17.9 Å². The van der Waals surface area contributed by atoms with Crippen LogP contribution < -0.4 is 0 Å². The second-order valence-electron chi connectivity index (χ2n) is 11.2. The van der Waals surface area contributed by atoms with Gasteiger partial charge in [0.25, 0.3) is 0 Å². The molecule has 0 amide bonds. The lowest BCUT2D eigenvalue weighted by Crippen LogP contribution is -2.43. The summed E-state index contributed by atoms with van der Waals surface area (Å²) < 4.78 is 29.7. The van der Waals surface area contributed by atoms with Gasteiger partial charge in [-0.2, -0.15) is 0 Å². The fourth-order valence-corrected chi connectivity index (χ4v) is 5.76. The van der Waals surface area contributed by atoms with Gasteiger partial charge < -0.3 is 28.8 Å². The predicted octanol–water partition coefficient (Wildman–Crippen LogP) is 4.42. The highest BCUT2D eigenvalue weighted by molar-refractivity contribution is 5.68. The van der Waals surface area contributed by atoms with Gasteiger partial charge in [0.1, 0.15) is 18.3 Å². The molecule has 1 saturated heterocycles. The van der Waals surface area contributed by atoms with Crippen LogP contribution in [0.5, 0.6) is 0 Å². The van der Waals surface area contributed by atoms with Gasteiger partial charge in [-0.1, -0.05) is 42.5 Å². The second-order valence-corrected chi connectivity index (χ2v) is 11.2. The first-order chi connectivity index (χ1) is 18.5. The zero-order valence-corrected chi connectivity index (χ0v) is 23.4. The molecule has 1 aromatic carbocycles. The number of esters is 2. The largest absolute Gasteiger partial charge is 0.500 e. The highest BCUT2D eigenvalue weighted by atomic mass is 16.6. The third-order valence-corrected chi connectivity index (χ3v) is 7.77. The molecule has 4 rings (SSSR count). The molecule has 1 N–H and O–H groups in total. The molecule has 212 valence electrons. The van der Waals surface area contributed by atoms with Crippen molar-refractivity contribution in [2.24, 2.45) is 11.8 Å². The summed E-state index contributed by atoms with van der Waals surface area (Å²) in [6, 6.07) is 9.80. The molecule has 1 aliphatic carbocycles. The van der Waals surface area contributed by atoms with E-state index in [1.54, 1.807) is 12.3 Å². The maximum Gasteiger partial charge on any atom is 0.303 e. The Bertz CT molecular complexity index is 1120. The molecule has 0 aromatic heterocycles. The van der Waals surface area contributed by atoms with E-state index in [4.69, 9.17) is 23.7 Å². The molecule has 0 bridgehead atoms. The van der Waals surface area contributed by atoms with Gasteiger partial charge in [-0.25, -0.2) is 0 Å². The van der Waals surface area contributed by atoms with E-state index >= 15 is 0 Å². The third kappa shape index (κ3) is 6.80. The number of rotatable bonds is 8. The van der Waals surface area contributed by atoms with E-state index in [0.717, 1.165) is 11.1 Å². The Morgan fingerprint density at radius 2 is 1.82 bits per heavy atom. The van der Waals surface area contributed by atoms with Gasteiger partial charge in [0.2, 0.25) is 0 Å². The number of carbonyl (C=O) groups excluding carboxylic acids is 2. The Morgan fingerprint density at radius 3 is 2.46 bits per heavy atom. The summed E-state index contributed by atoms with van der Waals surface area (Å²) in [5.74, 6) is -1.45. The Labute approximate surface area is 230 Å². The molecule has 0 radical (unpaired) electrons. The summed E-state index contributed by atoms with van der Waals surface area (Å²) in [5, 5.41) is 11.6. The summed E-state index contributed by atoms with van der Waals surface area (Å²) in [5.41, 5.74) is 2.69. The molecule has 39 heavy (non-hydrogen) atoms. The lowest BCUT2D eigenvalue weighted by molar-refractivity contribution is -0.160. The molecule has 8 nitrogen and oxygen atoms in total. The standard InChI is InChI=1S/C31H40O8/c1-18(2)14-26(37-20(4)32)28(38-21(5)33)25-17-35-16-24-19(3)27(34)29(36-15-22-10-8-7-9-11-22)30-31(6,39-30)13-12-23(24)25/h7-11,14,17,23-24,26-30,34H,3,12-13,15-16H2,1-2,4-6H3/t23-,24-,26+,27-,28-,29-,30?,31-/m0/s1. The average Bonchev–Trinajstić information content (AvgIpc) is 3.54. The summed E-state index contributed by atoms with van der Waals surface area (Å²) in [7, 11) is 0. The fraction of sp³-hybridized carbons (Fsp3) is 0.548. The van der Waals surface area contributed by atoms with Crippen LogP contribution in [0.3, 0.4) is 0 Å². The summed E-state index contributed by atoms with van der Waals surface area (Å²) >= 11 is 0.